The van der Waals surface area contributed by atoms with Crippen molar-refractivity contribution in [2.45, 2.75) is 6.92 Å². The number of nitrogens with one attached hydrogen (secondary N) is 1. The lowest BCUT2D eigenvalue weighted by atomic mass is 10.2. The van der Waals surface area contributed by atoms with Crippen LogP contribution >= 0.6 is 0 Å². The van der Waals surface area contributed by atoms with E-state index in [9.17, 15) is 9.70 Å². The zero-order valence-corrected chi connectivity index (χ0v) is 11.0. The summed E-state index contributed by atoms with van der Waals surface area (Å²) in [6.45, 7) is 2.49. The molecule has 0 atom stereocenters. The molecule has 2 aromatic carbocycles. The topological polar surface area (TPSA) is 67.8 Å². The third-order valence-corrected chi connectivity index (χ3v) is 2.66. The van der Waals surface area contributed by atoms with E-state index in [0.29, 0.717) is 23.5 Å². The zero-order chi connectivity index (χ0) is 14.4. The first-order valence-electron chi connectivity index (χ1n) is 6.20. The summed E-state index contributed by atoms with van der Waals surface area (Å²) in [6, 6.07) is 13.2. The highest BCUT2D eigenvalue weighted by Gasteiger charge is 2.06. The van der Waals surface area contributed by atoms with Crippen molar-refractivity contribution in [2.24, 2.45) is 5.18 Å². The molecule has 0 unspecified atom stereocenters. The SMILES string of the molecule is CCOc1ccc(C(=O)Nc2ccc(N=O)cc2)cc1. The van der Waals surface area contributed by atoms with Gasteiger partial charge in [0.1, 0.15) is 11.4 Å². The van der Waals surface area contributed by atoms with Gasteiger partial charge >= 0.3 is 0 Å². The van der Waals surface area contributed by atoms with E-state index >= 15 is 0 Å². The zero-order valence-electron chi connectivity index (χ0n) is 11.0. The Balaban J connectivity index is 2.04. The Morgan fingerprint density at radius 3 is 2.30 bits per heavy atom. The first-order valence-corrected chi connectivity index (χ1v) is 6.20. The maximum absolute atomic E-state index is 12.0. The molecule has 0 spiro atoms. The smallest absolute Gasteiger partial charge is 0.255 e. The summed E-state index contributed by atoms with van der Waals surface area (Å²) in [6.07, 6.45) is 0. The third kappa shape index (κ3) is 3.41. The van der Waals surface area contributed by atoms with E-state index in [-0.39, 0.29) is 5.91 Å². The monoisotopic (exact) mass is 270 g/mol. The van der Waals surface area contributed by atoms with Crippen molar-refractivity contribution in [1.82, 2.24) is 0 Å². The molecular formula is C15H14N2O3. The molecule has 0 aliphatic heterocycles. The highest BCUT2D eigenvalue weighted by molar-refractivity contribution is 6.04. The summed E-state index contributed by atoms with van der Waals surface area (Å²) in [5, 5.41) is 5.54. The van der Waals surface area contributed by atoms with Gasteiger partial charge in [0, 0.05) is 11.3 Å². The number of nitrogens with zero attached hydrogens (tertiary/aromatic N) is 1. The Kier molecular flexibility index (Phi) is 4.44. The highest BCUT2D eigenvalue weighted by Crippen LogP contribution is 2.17. The molecule has 0 saturated heterocycles. The van der Waals surface area contributed by atoms with Crippen molar-refractivity contribution < 1.29 is 9.53 Å². The van der Waals surface area contributed by atoms with Gasteiger partial charge < -0.3 is 10.1 Å². The summed E-state index contributed by atoms with van der Waals surface area (Å²) in [7, 11) is 0. The number of ether oxygens (including phenoxy) is 1. The number of amides is 1. The van der Waals surface area contributed by atoms with Crippen molar-refractivity contribution in [2.75, 3.05) is 11.9 Å². The Bertz CT molecular complexity index is 592. The van der Waals surface area contributed by atoms with Crippen LogP contribution < -0.4 is 10.1 Å². The van der Waals surface area contributed by atoms with Crippen LogP contribution in [0.5, 0.6) is 5.75 Å². The minimum atomic E-state index is -0.222. The molecule has 1 amide bonds. The Hall–Kier alpha value is -2.69. The molecule has 0 saturated carbocycles. The van der Waals surface area contributed by atoms with Crippen molar-refractivity contribution in [3.8, 4) is 5.75 Å². The van der Waals surface area contributed by atoms with Gasteiger partial charge in [0.15, 0.2) is 0 Å². The van der Waals surface area contributed by atoms with Gasteiger partial charge in [-0.3, -0.25) is 4.79 Å². The van der Waals surface area contributed by atoms with Crippen molar-refractivity contribution in [3.63, 3.8) is 0 Å². The molecular weight excluding hydrogens is 256 g/mol. The molecule has 102 valence electrons. The van der Waals surface area contributed by atoms with Crippen molar-refractivity contribution in [3.05, 3.63) is 59.0 Å². The van der Waals surface area contributed by atoms with Gasteiger partial charge in [0.2, 0.25) is 0 Å². The third-order valence-electron chi connectivity index (χ3n) is 2.66. The molecule has 20 heavy (non-hydrogen) atoms. The van der Waals surface area contributed by atoms with Crippen molar-refractivity contribution in [1.29, 1.82) is 0 Å². The average Bonchev–Trinajstić information content (AvgIpc) is 2.49. The van der Waals surface area contributed by atoms with E-state index in [0.717, 1.165) is 5.75 Å². The van der Waals surface area contributed by atoms with Crippen LogP contribution in [0, 0.1) is 4.91 Å². The first kappa shape index (κ1) is 13.7. The summed E-state index contributed by atoms with van der Waals surface area (Å²) in [4.78, 5) is 22.3. The molecule has 5 nitrogen and oxygen atoms in total. The average molecular weight is 270 g/mol. The molecule has 0 bridgehead atoms. The summed E-state index contributed by atoms with van der Waals surface area (Å²) in [5.74, 6) is 0.505. The van der Waals surface area contributed by atoms with Crippen LogP contribution in [0.15, 0.2) is 53.7 Å². The second-order valence-corrected chi connectivity index (χ2v) is 4.05. The summed E-state index contributed by atoms with van der Waals surface area (Å²) in [5.41, 5.74) is 1.46. The van der Waals surface area contributed by atoms with Gasteiger partial charge in [-0.1, -0.05) is 0 Å². The van der Waals surface area contributed by atoms with Gasteiger partial charge in [-0.2, -0.15) is 0 Å². The summed E-state index contributed by atoms with van der Waals surface area (Å²) < 4.78 is 5.31. The molecule has 2 rings (SSSR count). The molecule has 0 heterocycles. The van der Waals surface area contributed by atoms with E-state index in [4.69, 9.17) is 4.74 Å². The number of anilines is 1. The lowest BCUT2D eigenvalue weighted by molar-refractivity contribution is 0.102. The molecule has 0 fully saturated rings. The number of carbonyl (C=O) groups is 1. The largest absolute Gasteiger partial charge is 0.494 e. The van der Waals surface area contributed by atoms with Crippen LogP contribution in [0.25, 0.3) is 0 Å². The quantitative estimate of drug-likeness (QED) is 0.841. The number of rotatable bonds is 5. The normalized spacial score (nSPS) is 9.85. The van der Waals surface area contributed by atoms with E-state index in [1.165, 1.54) is 0 Å². The predicted octanol–water partition coefficient (Wildman–Crippen LogP) is 3.74. The highest BCUT2D eigenvalue weighted by atomic mass is 16.5. The lowest BCUT2D eigenvalue weighted by Gasteiger charge is -2.06. The van der Waals surface area contributed by atoms with E-state index in [1.54, 1.807) is 48.5 Å². The van der Waals surface area contributed by atoms with Gasteiger partial charge in [-0.05, 0) is 60.6 Å². The minimum absolute atomic E-state index is 0.222. The lowest BCUT2D eigenvalue weighted by Crippen LogP contribution is -2.11. The number of nitroso groups, excluding NO2 is 1. The fourth-order valence-electron chi connectivity index (χ4n) is 1.68. The van der Waals surface area contributed by atoms with E-state index in [2.05, 4.69) is 10.5 Å². The molecule has 2 aromatic rings. The van der Waals surface area contributed by atoms with Crippen molar-refractivity contribution >= 4 is 17.3 Å². The Labute approximate surface area is 116 Å². The van der Waals surface area contributed by atoms with Crippen LogP contribution in [-0.4, -0.2) is 12.5 Å². The molecule has 1 N–H and O–H groups in total. The van der Waals surface area contributed by atoms with Gasteiger partial charge in [-0.25, -0.2) is 0 Å². The van der Waals surface area contributed by atoms with Crippen LogP contribution in [0.3, 0.4) is 0 Å². The predicted molar refractivity (Wildman–Crippen MR) is 77.5 cm³/mol. The van der Waals surface area contributed by atoms with Gasteiger partial charge in [0.25, 0.3) is 5.91 Å². The van der Waals surface area contributed by atoms with Gasteiger partial charge in [-0.15, -0.1) is 4.91 Å². The second-order valence-electron chi connectivity index (χ2n) is 4.05. The van der Waals surface area contributed by atoms with Crippen LogP contribution in [0.2, 0.25) is 0 Å². The van der Waals surface area contributed by atoms with Crippen LogP contribution in [0.4, 0.5) is 11.4 Å². The summed E-state index contributed by atoms with van der Waals surface area (Å²) >= 11 is 0. The van der Waals surface area contributed by atoms with Crippen LogP contribution in [0.1, 0.15) is 17.3 Å². The van der Waals surface area contributed by atoms with Crippen LogP contribution in [-0.2, 0) is 0 Å². The minimum Gasteiger partial charge on any atom is -0.494 e. The number of benzene rings is 2. The number of hydrogen-bond acceptors (Lipinski definition) is 4. The standard InChI is InChI=1S/C15H14N2O3/c1-2-20-14-9-3-11(4-10-14)15(18)16-12-5-7-13(17-19)8-6-12/h3-10H,2H2,1H3,(H,16,18). The number of carbonyl (C=O) groups excluding carboxylic acids is 1. The molecule has 0 aromatic heterocycles. The second kappa shape index (κ2) is 6.47. The van der Waals surface area contributed by atoms with Gasteiger partial charge in [0.05, 0.1) is 6.61 Å². The molecule has 0 aliphatic rings. The Morgan fingerprint density at radius 2 is 1.75 bits per heavy atom. The van der Waals surface area contributed by atoms with E-state index < -0.39 is 0 Å². The molecule has 0 radical (unpaired) electrons. The maximum Gasteiger partial charge on any atom is 0.255 e. The Morgan fingerprint density at radius 1 is 1.10 bits per heavy atom. The van der Waals surface area contributed by atoms with E-state index in [1.807, 2.05) is 6.92 Å². The fourth-order valence-corrected chi connectivity index (χ4v) is 1.68. The molecule has 5 heteroatoms. The maximum atomic E-state index is 12.0. The first-order chi connectivity index (χ1) is 9.72. The number of hydrogen-bond donors (Lipinski definition) is 1. The molecule has 0 aliphatic carbocycles. The fraction of sp³-hybridized carbons (Fsp3) is 0.133.